The van der Waals surface area contributed by atoms with E-state index in [1.54, 1.807) is 6.20 Å². The van der Waals surface area contributed by atoms with Gasteiger partial charge in [0.2, 0.25) is 0 Å². The van der Waals surface area contributed by atoms with Crippen LogP contribution in [0.1, 0.15) is 27.7 Å². The van der Waals surface area contributed by atoms with E-state index in [0.29, 0.717) is 5.46 Å². The fraction of sp³-hybridized carbons (Fsp3) is 0.545. The van der Waals surface area contributed by atoms with Gasteiger partial charge >= 0.3 is 7.12 Å². The molecule has 17 heavy (non-hydrogen) atoms. The van der Waals surface area contributed by atoms with Crippen molar-refractivity contribution in [3.8, 4) is 5.75 Å². The molecule has 5 nitrogen and oxygen atoms in total. The number of nitrogens with two attached hydrogens (primary N) is 1. The summed E-state index contributed by atoms with van der Waals surface area (Å²) in [6, 6.07) is 1.52. The van der Waals surface area contributed by atoms with Crippen LogP contribution in [0.4, 0.5) is 5.82 Å². The summed E-state index contributed by atoms with van der Waals surface area (Å²) in [4.78, 5) is 3.89. The number of nitrogen functional groups attached to an aromatic ring is 1. The van der Waals surface area contributed by atoms with Crippen LogP contribution in [-0.4, -0.2) is 28.4 Å². The summed E-state index contributed by atoms with van der Waals surface area (Å²) in [5, 5.41) is 9.52. The molecule has 0 radical (unpaired) electrons. The van der Waals surface area contributed by atoms with Crippen molar-refractivity contribution in [2.45, 2.75) is 38.9 Å². The van der Waals surface area contributed by atoms with E-state index in [9.17, 15) is 5.11 Å². The van der Waals surface area contributed by atoms with Gasteiger partial charge in [-0.2, -0.15) is 0 Å². The Morgan fingerprint density at radius 2 is 1.76 bits per heavy atom. The number of anilines is 1. The van der Waals surface area contributed by atoms with Crippen LogP contribution in [0.3, 0.4) is 0 Å². The van der Waals surface area contributed by atoms with Gasteiger partial charge in [0.15, 0.2) is 11.6 Å². The highest BCUT2D eigenvalue weighted by molar-refractivity contribution is 6.62. The van der Waals surface area contributed by atoms with Crippen LogP contribution in [0.15, 0.2) is 12.3 Å². The van der Waals surface area contributed by atoms with Crippen LogP contribution < -0.4 is 11.2 Å². The average molecular weight is 236 g/mol. The van der Waals surface area contributed by atoms with Crippen molar-refractivity contribution in [2.24, 2.45) is 0 Å². The number of aromatic hydroxyl groups is 1. The van der Waals surface area contributed by atoms with E-state index >= 15 is 0 Å². The molecule has 1 fully saturated rings. The highest BCUT2D eigenvalue weighted by Crippen LogP contribution is 2.36. The molecule has 2 rings (SSSR count). The van der Waals surface area contributed by atoms with Gasteiger partial charge in [0.25, 0.3) is 0 Å². The van der Waals surface area contributed by atoms with E-state index in [1.807, 2.05) is 27.7 Å². The molecule has 0 bridgehead atoms. The number of hydrogen-bond acceptors (Lipinski definition) is 5. The summed E-state index contributed by atoms with van der Waals surface area (Å²) in [7, 11) is -0.529. The number of hydrogen-bond donors (Lipinski definition) is 2. The predicted octanol–water partition coefficient (Wildman–Crippen LogP) is 0.669. The predicted molar refractivity (Wildman–Crippen MR) is 66.0 cm³/mol. The Labute approximate surface area is 101 Å². The SMILES string of the molecule is CC1(C)OB(c2cnc(N)c(O)c2)OC1(C)C. The molecule has 92 valence electrons. The van der Waals surface area contributed by atoms with Crippen molar-refractivity contribution >= 4 is 18.4 Å². The molecule has 0 saturated carbocycles. The second-order valence-corrected chi connectivity index (χ2v) is 5.26. The van der Waals surface area contributed by atoms with Gasteiger partial charge in [0.1, 0.15) is 0 Å². The molecular formula is C11H17BN2O3. The molecule has 1 aromatic heterocycles. The van der Waals surface area contributed by atoms with E-state index in [1.165, 1.54) is 6.07 Å². The van der Waals surface area contributed by atoms with E-state index in [4.69, 9.17) is 15.0 Å². The molecule has 0 aromatic carbocycles. The Kier molecular flexibility index (Phi) is 2.59. The van der Waals surface area contributed by atoms with Crippen LogP contribution in [0, 0.1) is 0 Å². The maximum atomic E-state index is 9.52. The molecule has 0 spiro atoms. The first-order valence-corrected chi connectivity index (χ1v) is 5.53. The molecule has 6 heteroatoms. The summed E-state index contributed by atoms with van der Waals surface area (Å²) >= 11 is 0. The third-order valence-corrected chi connectivity index (χ3v) is 3.44. The van der Waals surface area contributed by atoms with Crippen molar-refractivity contribution in [3.63, 3.8) is 0 Å². The molecule has 3 N–H and O–H groups in total. The van der Waals surface area contributed by atoms with Gasteiger partial charge in [0, 0.05) is 11.7 Å². The molecule has 1 saturated heterocycles. The lowest BCUT2D eigenvalue weighted by atomic mass is 9.80. The number of aromatic nitrogens is 1. The third-order valence-electron chi connectivity index (χ3n) is 3.44. The van der Waals surface area contributed by atoms with Gasteiger partial charge in [-0.05, 0) is 33.8 Å². The molecule has 0 aliphatic carbocycles. The highest BCUT2D eigenvalue weighted by atomic mass is 16.7. The molecule has 1 aromatic rings. The lowest BCUT2D eigenvalue weighted by Gasteiger charge is -2.32. The van der Waals surface area contributed by atoms with Gasteiger partial charge < -0.3 is 20.1 Å². The van der Waals surface area contributed by atoms with E-state index in [-0.39, 0.29) is 11.6 Å². The molecule has 1 aliphatic rings. The van der Waals surface area contributed by atoms with E-state index < -0.39 is 18.3 Å². The number of nitrogens with zero attached hydrogens (tertiary/aromatic N) is 1. The smallest absolute Gasteiger partial charge is 0.496 e. The summed E-state index contributed by atoms with van der Waals surface area (Å²) in [6.07, 6.45) is 1.55. The number of rotatable bonds is 1. The first-order valence-electron chi connectivity index (χ1n) is 5.53. The molecule has 0 unspecified atom stereocenters. The van der Waals surface area contributed by atoms with Gasteiger partial charge in [-0.25, -0.2) is 4.98 Å². The maximum Gasteiger partial charge on any atom is 0.496 e. The molecule has 0 atom stereocenters. The van der Waals surface area contributed by atoms with Crippen molar-refractivity contribution in [1.29, 1.82) is 0 Å². The quantitative estimate of drug-likeness (QED) is 0.700. The van der Waals surface area contributed by atoms with Crippen LogP contribution >= 0.6 is 0 Å². The molecule has 1 aliphatic heterocycles. The van der Waals surface area contributed by atoms with Crippen molar-refractivity contribution in [3.05, 3.63) is 12.3 Å². The highest BCUT2D eigenvalue weighted by Gasteiger charge is 2.51. The Balaban J connectivity index is 2.29. The first kappa shape index (κ1) is 12.2. The average Bonchev–Trinajstić information content (AvgIpc) is 2.41. The van der Waals surface area contributed by atoms with Gasteiger partial charge in [-0.15, -0.1) is 0 Å². The summed E-state index contributed by atoms with van der Waals surface area (Å²) in [5.74, 6) is 0.0440. The molecular weight excluding hydrogens is 219 g/mol. The minimum atomic E-state index is -0.529. The topological polar surface area (TPSA) is 77.6 Å². The Hall–Kier alpha value is -1.27. The first-order chi connectivity index (χ1) is 7.73. The maximum absolute atomic E-state index is 9.52. The normalized spacial score (nSPS) is 21.8. The lowest BCUT2D eigenvalue weighted by molar-refractivity contribution is 0.00578. The van der Waals surface area contributed by atoms with E-state index in [2.05, 4.69) is 4.98 Å². The zero-order valence-electron chi connectivity index (χ0n) is 10.5. The van der Waals surface area contributed by atoms with Crippen molar-refractivity contribution in [1.82, 2.24) is 4.98 Å². The Bertz CT molecular complexity index is 432. The molecule has 2 heterocycles. The number of pyridine rings is 1. The van der Waals surface area contributed by atoms with Gasteiger partial charge in [0.05, 0.1) is 11.2 Å². The van der Waals surface area contributed by atoms with Crippen LogP contribution in [0.25, 0.3) is 0 Å². The fourth-order valence-corrected chi connectivity index (χ4v) is 1.59. The summed E-state index contributed by atoms with van der Waals surface area (Å²) < 4.78 is 11.7. The second kappa shape index (κ2) is 3.61. The zero-order chi connectivity index (χ0) is 12.8. The zero-order valence-corrected chi connectivity index (χ0v) is 10.5. The summed E-state index contributed by atoms with van der Waals surface area (Å²) in [6.45, 7) is 7.88. The van der Waals surface area contributed by atoms with Crippen LogP contribution in [-0.2, 0) is 9.31 Å². The minimum absolute atomic E-state index is 0.0581. The van der Waals surface area contributed by atoms with E-state index in [0.717, 1.165) is 0 Å². The van der Waals surface area contributed by atoms with Crippen molar-refractivity contribution < 1.29 is 14.4 Å². The largest absolute Gasteiger partial charge is 0.504 e. The van der Waals surface area contributed by atoms with Crippen LogP contribution in [0.2, 0.25) is 0 Å². The standard InChI is InChI=1S/C11H17BN2O3/c1-10(2)11(3,4)17-12(16-10)7-5-8(15)9(13)14-6-7/h5-6,15H,1-4H3,(H2,13,14). The van der Waals surface area contributed by atoms with Crippen molar-refractivity contribution in [2.75, 3.05) is 5.73 Å². The molecule has 0 amide bonds. The fourth-order valence-electron chi connectivity index (χ4n) is 1.59. The monoisotopic (exact) mass is 236 g/mol. The third kappa shape index (κ3) is 1.98. The Morgan fingerprint density at radius 3 is 2.24 bits per heavy atom. The minimum Gasteiger partial charge on any atom is -0.504 e. The lowest BCUT2D eigenvalue weighted by Crippen LogP contribution is -2.41. The summed E-state index contributed by atoms with van der Waals surface area (Å²) in [5.41, 5.74) is 5.30. The Morgan fingerprint density at radius 1 is 1.24 bits per heavy atom. The second-order valence-electron chi connectivity index (χ2n) is 5.26. The van der Waals surface area contributed by atoms with Crippen LogP contribution in [0.5, 0.6) is 5.75 Å². The van der Waals surface area contributed by atoms with Gasteiger partial charge in [-0.1, -0.05) is 0 Å². The van der Waals surface area contributed by atoms with Gasteiger partial charge in [-0.3, -0.25) is 0 Å².